The van der Waals surface area contributed by atoms with Crippen molar-refractivity contribution in [2.24, 2.45) is 7.05 Å². The van der Waals surface area contributed by atoms with Gasteiger partial charge in [0.15, 0.2) is 0 Å². The van der Waals surface area contributed by atoms with Crippen LogP contribution in [0.25, 0.3) is 22.2 Å². The molecule has 10 heteroatoms. The van der Waals surface area contributed by atoms with E-state index in [-0.39, 0.29) is 17.0 Å². The van der Waals surface area contributed by atoms with Crippen molar-refractivity contribution in [2.75, 3.05) is 32.8 Å². The molecule has 42 heavy (non-hydrogen) atoms. The number of nitrogens with zero attached hydrogens (tertiary/aromatic N) is 4. The number of aromatic nitrogens is 3. The van der Waals surface area contributed by atoms with E-state index in [0.29, 0.717) is 42.2 Å². The molecule has 0 amide bonds. The van der Waals surface area contributed by atoms with Gasteiger partial charge in [-0.25, -0.2) is 8.42 Å². The van der Waals surface area contributed by atoms with Gasteiger partial charge in [-0.2, -0.15) is 9.40 Å². The Hall–Kier alpha value is -3.47. The number of hydrogen-bond acceptors (Lipinski definition) is 6. The summed E-state index contributed by atoms with van der Waals surface area (Å²) in [6.45, 7) is 7.69. The second-order valence-electron chi connectivity index (χ2n) is 10.9. The van der Waals surface area contributed by atoms with E-state index in [1.807, 2.05) is 43.3 Å². The molecule has 1 aliphatic rings. The van der Waals surface area contributed by atoms with Crippen molar-refractivity contribution in [1.29, 1.82) is 0 Å². The number of aromatic amines is 1. The molecule has 0 atom stereocenters. The number of sulfonamides is 1. The van der Waals surface area contributed by atoms with Gasteiger partial charge in [0.25, 0.3) is 5.56 Å². The maximum atomic E-state index is 14.3. The van der Waals surface area contributed by atoms with E-state index in [9.17, 15) is 13.2 Å². The first-order chi connectivity index (χ1) is 20.3. The summed E-state index contributed by atoms with van der Waals surface area (Å²) < 4.78 is 37.6. The fraction of sp³-hybridized carbons (Fsp3) is 0.438. The van der Waals surface area contributed by atoms with Crippen molar-refractivity contribution in [3.63, 3.8) is 0 Å². The molecule has 0 unspecified atom stereocenters. The number of likely N-dealkylation sites (tertiary alicyclic amines) is 1. The first kappa shape index (κ1) is 30.0. The number of benzene rings is 2. The van der Waals surface area contributed by atoms with Gasteiger partial charge in [0.1, 0.15) is 11.3 Å². The van der Waals surface area contributed by atoms with Gasteiger partial charge >= 0.3 is 0 Å². The average molecular weight is 592 g/mol. The van der Waals surface area contributed by atoms with Crippen molar-refractivity contribution < 1.29 is 13.2 Å². The molecule has 0 spiro atoms. The van der Waals surface area contributed by atoms with Crippen LogP contribution in [-0.2, 0) is 30.0 Å². The second kappa shape index (κ2) is 13.2. The van der Waals surface area contributed by atoms with E-state index in [4.69, 9.17) is 4.74 Å². The third kappa shape index (κ3) is 6.45. The molecular formula is C32H41N5O4S. The Bertz CT molecular complexity index is 1670. The average Bonchev–Trinajstić information content (AvgIpc) is 3.31. The zero-order valence-electron chi connectivity index (χ0n) is 24.8. The molecular weight excluding hydrogens is 550 g/mol. The predicted molar refractivity (Wildman–Crippen MR) is 166 cm³/mol. The summed E-state index contributed by atoms with van der Waals surface area (Å²) >= 11 is 0. The van der Waals surface area contributed by atoms with Crippen molar-refractivity contribution in [2.45, 2.75) is 57.4 Å². The van der Waals surface area contributed by atoms with Crippen LogP contribution < -0.4 is 10.3 Å². The third-order valence-corrected chi connectivity index (χ3v) is 9.74. The second-order valence-corrected chi connectivity index (χ2v) is 12.9. The Kier molecular flexibility index (Phi) is 9.45. The topological polar surface area (TPSA) is 101 Å². The van der Waals surface area contributed by atoms with Crippen LogP contribution >= 0.6 is 0 Å². The molecule has 1 fully saturated rings. The Morgan fingerprint density at radius 1 is 1.02 bits per heavy atom. The molecule has 1 saturated heterocycles. The van der Waals surface area contributed by atoms with Crippen molar-refractivity contribution in [3.8, 4) is 17.0 Å². The molecule has 9 nitrogen and oxygen atoms in total. The van der Waals surface area contributed by atoms with E-state index in [0.717, 1.165) is 55.4 Å². The molecule has 0 saturated carbocycles. The highest BCUT2D eigenvalue weighted by Crippen LogP contribution is 2.34. The van der Waals surface area contributed by atoms with Crippen molar-refractivity contribution >= 4 is 20.9 Å². The summed E-state index contributed by atoms with van der Waals surface area (Å²) in [4.78, 5) is 18.7. The fourth-order valence-electron chi connectivity index (χ4n) is 5.76. The number of nitrogens with one attached hydrogen (secondary N) is 1. The molecule has 2 aromatic carbocycles. The first-order valence-electron chi connectivity index (χ1n) is 14.9. The zero-order valence-corrected chi connectivity index (χ0v) is 25.6. The van der Waals surface area contributed by atoms with E-state index < -0.39 is 10.0 Å². The number of fused-ring (bicyclic) bond motifs is 1. The molecule has 1 aliphatic heterocycles. The Morgan fingerprint density at radius 2 is 1.79 bits per heavy atom. The van der Waals surface area contributed by atoms with Gasteiger partial charge in [0, 0.05) is 37.6 Å². The standard InChI is InChI=1S/C32H41N5O4S/c1-4-12-28-27-22-29(33-32(38)31(27)35(3)34-28)26-21-25(15-16-30(26)41-5-2)42(39,40)37(23-24-13-8-6-9-14-24)20-19-36-17-10-7-11-18-36/h6,8-9,13-16,21-22H,4-5,7,10-12,17-20,23H2,1-3H3,(H,33,38). The minimum absolute atomic E-state index is 0.163. The normalized spacial score (nSPS) is 14.6. The number of aryl methyl sites for hydroxylation is 2. The highest BCUT2D eigenvalue weighted by Gasteiger charge is 2.27. The van der Waals surface area contributed by atoms with Crippen LogP contribution in [0.4, 0.5) is 0 Å². The summed E-state index contributed by atoms with van der Waals surface area (Å²) in [5.74, 6) is 0.510. The Morgan fingerprint density at radius 3 is 2.50 bits per heavy atom. The maximum Gasteiger partial charge on any atom is 0.274 e. The number of H-pyrrole nitrogens is 1. The van der Waals surface area contributed by atoms with Gasteiger partial charge in [-0.1, -0.05) is 50.1 Å². The Labute approximate surface area is 248 Å². The largest absolute Gasteiger partial charge is 0.493 e. The lowest BCUT2D eigenvalue weighted by Crippen LogP contribution is -2.40. The Balaban J connectivity index is 1.56. The van der Waals surface area contributed by atoms with E-state index in [1.54, 1.807) is 34.2 Å². The number of hydrogen-bond donors (Lipinski definition) is 1. The number of piperidine rings is 1. The minimum atomic E-state index is -3.88. The molecule has 5 rings (SSSR count). The quantitative estimate of drug-likeness (QED) is 0.250. The van der Waals surface area contributed by atoms with Crippen LogP contribution in [0.2, 0.25) is 0 Å². The van der Waals surface area contributed by atoms with Gasteiger partial charge in [-0.3, -0.25) is 9.48 Å². The molecule has 0 radical (unpaired) electrons. The molecule has 3 heterocycles. The lowest BCUT2D eigenvalue weighted by Gasteiger charge is -2.30. The summed E-state index contributed by atoms with van der Waals surface area (Å²) in [6, 6.07) is 16.5. The SMILES string of the molecule is CCCc1nn(C)c2c(=O)[nH]c(-c3cc(S(=O)(=O)N(CCN4CCCCC4)Cc4ccccc4)ccc3OCC)cc12. The maximum absolute atomic E-state index is 14.3. The van der Waals surface area contributed by atoms with Crippen LogP contribution in [0, 0.1) is 0 Å². The van der Waals surface area contributed by atoms with E-state index in [2.05, 4.69) is 21.9 Å². The summed E-state index contributed by atoms with van der Waals surface area (Å²) in [7, 11) is -2.12. The lowest BCUT2D eigenvalue weighted by molar-refractivity contribution is 0.211. The number of rotatable bonds is 12. The van der Waals surface area contributed by atoms with Gasteiger partial charge < -0.3 is 14.6 Å². The summed E-state index contributed by atoms with van der Waals surface area (Å²) in [6.07, 6.45) is 5.14. The van der Waals surface area contributed by atoms with Gasteiger partial charge in [-0.15, -0.1) is 0 Å². The molecule has 0 bridgehead atoms. The number of ether oxygens (including phenoxy) is 1. The fourth-order valence-corrected chi connectivity index (χ4v) is 7.21. The highest BCUT2D eigenvalue weighted by atomic mass is 32.2. The monoisotopic (exact) mass is 591 g/mol. The molecule has 2 aromatic heterocycles. The summed E-state index contributed by atoms with van der Waals surface area (Å²) in [5, 5.41) is 5.34. The third-order valence-electron chi connectivity index (χ3n) is 7.89. The smallest absolute Gasteiger partial charge is 0.274 e. The number of pyridine rings is 1. The van der Waals surface area contributed by atoms with Gasteiger partial charge in [-0.05, 0) is 69.1 Å². The predicted octanol–water partition coefficient (Wildman–Crippen LogP) is 4.96. The van der Waals surface area contributed by atoms with Crippen LogP contribution in [0.1, 0.15) is 50.8 Å². The molecule has 1 N–H and O–H groups in total. The van der Waals surface area contributed by atoms with Gasteiger partial charge in [0.2, 0.25) is 10.0 Å². The van der Waals surface area contributed by atoms with Crippen molar-refractivity contribution in [1.82, 2.24) is 24.0 Å². The molecule has 4 aromatic rings. The van der Waals surface area contributed by atoms with Crippen LogP contribution in [0.15, 0.2) is 64.3 Å². The summed E-state index contributed by atoms with van der Waals surface area (Å²) in [5.41, 5.74) is 3.02. The van der Waals surface area contributed by atoms with Crippen LogP contribution in [-0.4, -0.2) is 65.2 Å². The van der Waals surface area contributed by atoms with Crippen LogP contribution in [0.3, 0.4) is 0 Å². The highest BCUT2D eigenvalue weighted by molar-refractivity contribution is 7.89. The van der Waals surface area contributed by atoms with E-state index in [1.165, 1.54) is 6.42 Å². The zero-order chi connectivity index (χ0) is 29.7. The molecule has 0 aliphatic carbocycles. The first-order valence-corrected chi connectivity index (χ1v) is 16.4. The van der Waals surface area contributed by atoms with Crippen molar-refractivity contribution in [3.05, 3.63) is 76.2 Å². The lowest BCUT2D eigenvalue weighted by atomic mass is 10.1. The van der Waals surface area contributed by atoms with Gasteiger partial charge in [0.05, 0.1) is 22.9 Å². The van der Waals surface area contributed by atoms with Crippen LogP contribution in [0.5, 0.6) is 5.75 Å². The molecule has 224 valence electrons. The van der Waals surface area contributed by atoms with E-state index >= 15 is 0 Å². The minimum Gasteiger partial charge on any atom is -0.493 e.